The predicted molar refractivity (Wildman–Crippen MR) is 197 cm³/mol. The van der Waals surface area contributed by atoms with Gasteiger partial charge >= 0.3 is 0 Å². The van der Waals surface area contributed by atoms with E-state index in [2.05, 4.69) is 72.9 Å². The van der Waals surface area contributed by atoms with Gasteiger partial charge in [-0.2, -0.15) is 0 Å². The van der Waals surface area contributed by atoms with Crippen LogP contribution in [0.25, 0.3) is 22.3 Å². The van der Waals surface area contributed by atoms with Gasteiger partial charge in [0.15, 0.2) is 6.23 Å². The average Bonchev–Trinajstić information content (AvgIpc) is 3.66. The number of nitrogens with one attached hydrogen (secondary N) is 2. The van der Waals surface area contributed by atoms with Crippen LogP contribution in [0.2, 0.25) is 0 Å². The van der Waals surface area contributed by atoms with Crippen molar-refractivity contribution in [2.75, 3.05) is 0 Å². The zero-order valence-corrected chi connectivity index (χ0v) is 27.8. The number of hydrogen-bond acceptors (Lipinski definition) is 7. The Bertz CT molecular complexity index is 2210. The number of ether oxygens (including phenoxy) is 3. The van der Waals surface area contributed by atoms with Crippen molar-refractivity contribution >= 4 is 11.8 Å². The molecular formula is C43H36N4O3. The van der Waals surface area contributed by atoms with E-state index < -0.39 is 6.23 Å². The maximum absolute atomic E-state index is 8.61. The van der Waals surface area contributed by atoms with Crippen LogP contribution in [0.15, 0.2) is 151 Å². The lowest BCUT2D eigenvalue weighted by Gasteiger charge is -2.35. The highest BCUT2D eigenvalue weighted by molar-refractivity contribution is 5.95. The first-order valence-corrected chi connectivity index (χ1v) is 16.6. The van der Waals surface area contributed by atoms with Gasteiger partial charge < -0.3 is 14.2 Å². The molecule has 2 unspecified atom stereocenters. The molecule has 0 saturated carbocycles. The zero-order chi connectivity index (χ0) is 34.2. The summed E-state index contributed by atoms with van der Waals surface area (Å²) in [4.78, 5) is 0. The van der Waals surface area contributed by atoms with Crippen LogP contribution in [0.5, 0.6) is 11.5 Å². The predicted octanol–water partition coefficient (Wildman–Crippen LogP) is 9.43. The van der Waals surface area contributed by atoms with E-state index in [4.69, 9.17) is 25.4 Å². The quantitative estimate of drug-likeness (QED) is 0.0903. The molecule has 0 aliphatic carbocycles. The van der Waals surface area contributed by atoms with Crippen LogP contribution in [-0.2, 0) is 14.9 Å². The lowest BCUT2D eigenvalue weighted by atomic mass is 9.74. The largest absolute Gasteiger partial charge is 0.457 e. The Morgan fingerprint density at radius 3 is 2.06 bits per heavy atom. The first-order chi connectivity index (χ1) is 24.3. The first-order valence-electron chi connectivity index (χ1n) is 16.6. The normalized spacial score (nSPS) is 16.1. The van der Waals surface area contributed by atoms with E-state index in [1.807, 2.05) is 97.1 Å². The maximum Gasteiger partial charge on any atom is 0.240 e. The molecule has 2 aliphatic rings. The Kier molecular flexibility index (Phi) is 7.90. The molecule has 0 bridgehead atoms. The molecule has 0 saturated heterocycles. The lowest BCUT2D eigenvalue weighted by Crippen LogP contribution is -2.24. The minimum atomic E-state index is -0.733. The van der Waals surface area contributed by atoms with Crippen molar-refractivity contribution in [3.63, 3.8) is 0 Å². The van der Waals surface area contributed by atoms with Gasteiger partial charge in [0.05, 0.1) is 0 Å². The van der Waals surface area contributed by atoms with Crippen molar-refractivity contribution in [3.8, 4) is 33.8 Å². The Hall–Kier alpha value is -6.18. The van der Waals surface area contributed by atoms with Gasteiger partial charge in [0.25, 0.3) is 0 Å². The Morgan fingerprint density at radius 2 is 1.34 bits per heavy atom. The Balaban J connectivity index is 1.13. The fourth-order valence-corrected chi connectivity index (χ4v) is 6.65. The van der Waals surface area contributed by atoms with Crippen LogP contribution in [0.1, 0.15) is 59.7 Å². The molecule has 6 aromatic rings. The number of benzene rings is 6. The molecule has 246 valence electrons. The second-order valence-electron chi connectivity index (χ2n) is 13.0. The van der Waals surface area contributed by atoms with Crippen molar-refractivity contribution in [1.29, 1.82) is 5.41 Å². The standard InChI is InChI=1S/C43H36N4O3/c1-43(2)35-15-9-10-16-37(35)48-38-26-34(28-17-21-30(22-18-28)40(45)49-39(44)29-11-5-3-6-12-29)33(25-36(38)43)27-19-23-32(24-20-27)42-47-46-41(50-42)31-13-7-4-8-14-31/h3-26,39,42,45,47H,44H2,1-2H3. The fraction of sp³-hybridized carbons (Fsp3) is 0.116. The number of hydrogen-bond donors (Lipinski definition) is 3. The zero-order valence-electron chi connectivity index (χ0n) is 27.8. The van der Waals surface area contributed by atoms with Crippen molar-refractivity contribution in [2.24, 2.45) is 10.8 Å². The third-order valence-electron chi connectivity index (χ3n) is 9.46. The number of nitrogens with zero attached hydrogens (tertiary/aromatic N) is 1. The number of nitrogens with two attached hydrogens (primary N) is 1. The van der Waals surface area contributed by atoms with E-state index in [1.54, 1.807) is 0 Å². The molecule has 0 radical (unpaired) electrons. The molecule has 50 heavy (non-hydrogen) atoms. The second-order valence-corrected chi connectivity index (χ2v) is 13.0. The second kappa shape index (κ2) is 12.7. The van der Waals surface area contributed by atoms with Crippen LogP contribution < -0.4 is 15.9 Å². The molecule has 2 aliphatic heterocycles. The topological polar surface area (TPSA) is 102 Å². The van der Waals surface area contributed by atoms with Crippen molar-refractivity contribution in [3.05, 3.63) is 179 Å². The minimum Gasteiger partial charge on any atom is -0.457 e. The van der Waals surface area contributed by atoms with Gasteiger partial charge in [-0.25, -0.2) is 0 Å². The Labute approximate surface area is 291 Å². The summed E-state index contributed by atoms with van der Waals surface area (Å²) in [7, 11) is 0. The minimum absolute atomic E-state index is 0.0120. The summed E-state index contributed by atoms with van der Waals surface area (Å²) in [5, 5.41) is 13.0. The molecule has 2 heterocycles. The van der Waals surface area contributed by atoms with E-state index >= 15 is 0 Å². The van der Waals surface area contributed by atoms with Crippen LogP contribution in [0, 0.1) is 5.41 Å². The van der Waals surface area contributed by atoms with Gasteiger partial charge in [0, 0.05) is 38.8 Å². The summed E-state index contributed by atoms with van der Waals surface area (Å²) in [5.74, 6) is 2.28. The van der Waals surface area contributed by atoms with Crippen LogP contribution in [0.3, 0.4) is 0 Å². The van der Waals surface area contributed by atoms with Gasteiger partial charge in [-0.05, 0) is 64.7 Å². The highest BCUT2D eigenvalue weighted by Crippen LogP contribution is 2.51. The van der Waals surface area contributed by atoms with E-state index in [0.717, 1.165) is 61.6 Å². The van der Waals surface area contributed by atoms with E-state index in [1.165, 1.54) is 0 Å². The summed E-state index contributed by atoms with van der Waals surface area (Å²) in [6.07, 6.45) is -1.12. The van der Waals surface area contributed by atoms with E-state index in [0.29, 0.717) is 11.5 Å². The number of hydrazone groups is 1. The van der Waals surface area contributed by atoms with Crippen molar-refractivity contribution in [2.45, 2.75) is 31.7 Å². The highest BCUT2D eigenvalue weighted by Gasteiger charge is 2.35. The summed E-state index contributed by atoms with van der Waals surface area (Å²) < 4.78 is 18.5. The van der Waals surface area contributed by atoms with Gasteiger partial charge in [-0.15, -0.1) is 5.10 Å². The van der Waals surface area contributed by atoms with Gasteiger partial charge in [0.2, 0.25) is 18.0 Å². The molecule has 8 rings (SSSR count). The smallest absolute Gasteiger partial charge is 0.240 e. The van der Waals surface area contributed by atoms with E-state index in [9.17, 15) is 0 Å². The first kappa shape index (κ1) is 31.1. The molecule has 0 aromatic heterocycles. The van der Waals surface area contributed by atoms with Gasteiger partial charge in [-0.3, -0.25) is 16.6 Å². The van der Waals surface area contributed by atoms with Crippen molar-refractivity contribution in [1.82, 2.24) is 5.43 Å². The fourth-order valence-electron chi connectivity index (χ4n) is 6.65. The van der Waals surface area contributed by atoms with Crippen LogP contribution >= 0.6 is 0 Å². The average molecular weight is 657 g/mol. The van der Waals surface area contributed by atoms with E-state index in [-0.39, 0.29) is 17.5 Å². The molecule has 0 fully saturated rings. The summed E-state index contributed by atoms with van der Waals surface area (Å²) in [6, 6.07) is 48.2. The van der Waals surface area contributed by atoms with Crippen LogP contribution in [-0.4, -0.2) is 11.8 Å². The monoisotopic (exact) mass is 656 g/mol. The van der Waals surface area contributed by atoms with Gasteiger partial charge in [-0.1, -0.05) is 117 Å². The third kappa shape index (κ3) is 5.78. The highest BCUT2D eigenvalue weighted by atomic mass is 16.5. The molecule has 7 nitrogen and oxygen atoms in total. The summed E-state index contributed by atoms with van der Waals surface area (Å²) >= 11 is 0. The van der Waals surface area contributed by atoms with Gasteiger partial charge in [0.1, 0.15) is 11.5 Å². The molecule has 0 spiro atoms. The summed E-state index contributed by atoms with van der Waals surface area (Å²) in [6.45, 7) is 4.49. The van der Waals surface area contributed by atoms with Crippen LogP contribution in [0.4, 0.5) is 0 Å². The molecule has 4 N–H and O–H groups in total. The number of para-hydroxylation sites is 1. The molecule has 7 heteroatoms. The number of fused-ring (bicyclic) bond motifs is 2. The lowest BCUT2D eigenvalue weighted by molar-refractivity contribution is 0.192. The SMILES string of the molecule is CC1(C)c2ccccc2Oc2cc(-c3ccc(C(=N)OC(N)c4ccccc4)cc3)c(-c3ccc(C4NN=C(c5ccccc5)O4)cc3)cc21. The van der Waals surface area contributed by atoms with Crippen molar-refractivity contribution < 1.29 is 14.2 Å². The molecule has 2 atom stereocenters. The summed E-state index contributed by atoms with van der Waals surface area (Å²) in [5.41, 5.74) is 18.8. The molecule has 0 amide bonds. The number of rotatable bonds is 7. The maximum atomic E-state index is 8.61. The Morgan fingerprint density at radius 1 is 0.720 bits per heavy atom. The molecular weight excluding hydrogens is 620 g/mol. The molecule has 6 aromatic carbocycles. The third-order valence-corrected chi connectivity index (χ3v) is 9.46.